The first-order valence-corrected chi connectivity index (χ1v) is 12.1. The highest BCUT2D eigenvalue weighted by atomic mass is 19.1. The van der Waals surface area contributed by atoms with E-state index in [1.165, 1.54) is 12.7 Å². The third-order valence-corrected chi connectivity index (χ3v) is 7.28. The summed E-state index contributed by atoms with van der Waals surface area (Å²) in [4.78, 5) is 0. The predicted molar refractivity (Wildman–Crippen MR) is 136 cm³/mol. The Morgan fingerprint density at radius 2 is 1.13 bits per heavy atom. The zero-order chi connectivity index (χ0) is 26.9. The Hall–Kier alpha value is -3.90. The molecule has 200 valence electrons. The second kappa shape index (κ2) is 10.1. The highest BCUT2D eigenvalue weighted by molar-refractivity contribution is 5.46. The largest absolute Gasteiger partial charge is 0.399 e. The van der Waals surface area contributed by atoms with Gasteiger partial charge in [0.1, 0.15) is 12.7 Å². The van der Waals surface area contributed by atoms with E-state index < -0.39 is 23.2 Å². The number of anilines is 2. The highest BCUT2D eigenvalue weighted by Gasteiger charge is 2.51. The first-order chi connectivity index (χ1) is 18.3. The molecule has 2 aliphatic rings. The third kappa shape index (κ3) is 4.39. The number of hydrogen-bond acceptors (Lipinski definition) is 8. The van der Waals surface area contributed by atoms with Crippen LogP contribution >= 0.6 is 0 Å². The summed E-state index contributed by atoms with van der Waals surface area (Å²) >= 11 is 0. The molecule has 0 unspecified atom stereocenters. The van der Waals surface area contributed by atoms with Gasteiger partial charge in [-0.25, -0.2) is 8.78 Å². The average molecular weight is 525 g/mol. The van der Waals surface area contributed by atoms with Gasteiger partial charge in [-0.2, -0.15) is 0 Å². The van der Waals surface area contributed by atoms with E-state index in [0.717, 1.165) is 11.1 Å². The Bertz CT molecular complexity index is 1290. The second-order valence-electron chi connectivity index (χ2n) is 9.87. The molecule has 4 aromatic rings. The van der Waals surface area contributed by atoms with Gasteiger partial charge < -0.3 is 30.1 Å². The predicted octanol–water partition coefficient (Wildman–Crippen LogP) is 2.75. The molecule has 12 heteroatoms. The van der Waals surface area contributed by atoms with Crippen molar-refractivity contribution in [1.29, 1.82) is 0 Å². The molecule has 2 fully saturated rings. The van der Waals surface area contributed by atoms with E-state index >= 15 is 0 Å². The lowest BCUT2D eigenvalue weighted by Crippen LogP contribution is -2.50. The zero-order valence-electron chi connectivity index (χ0n) is 21.2. The molecule has 0 amide bonds. The van der Waals surface area contributed by atoms with Crippen LogP contribution in [0.3, 0.4) is 0 Å². The molecule has 0 radical (unpaired) electrons. The number of alkyl halides is 2. The van der Waals surface area contributed by atoms with Gasteiger partial charge >= 0.3 is 0 Å². The van der Waals surface area contributed by atoms with Crippen LogP contribution in [-0.4, -0.2) is 56.0 Å². The normalized spacial score (nSPS) is 18.8. The molecule has 2 aliphatic heterocycles. The number of rotatable bonds is 6. The molecule has 2 aromatic heterocycles. The Morgan fingerprint density at radius 3 is 1.39 bits per heavy atom. The van der Waals surface area contributed by atoms with E-state index in [9.17, 15) is 8.78 Å². The number of nitrogens with zero attached hydrogens (tertiary/aromatic N) is 6. The fourth-order valence-electron chi connectivity index (χ4n) is 4.80. The molecule has 0 aliphatic carbocycles. The fraction of sp³-hybridized carbons (Fsp3) is 0.385. The van der Waals surface area contributed by atoms with Crippen LogP contribution in [-0.2, 0) is 34.4 Å². The molecule has 6 rings (SSSR count). The summed E-state index contributed by atoms with van der Waals surface area (Å²) in [5, 5.41) is 15.2. The molecule has 38 heavy (non-hydrogen) atoms. The Balaban J connectivity index is 0.000000155. The van der Waals surface area contributed by atoms with Gasteiger partial charge in [-0.3, -0.25) is 0 Å². The molecule has 2 aromatic carbocycles. The topological polar surface area (TPSA) is 132 Å². The SMILES string of the molecule is Cn1cnnc1[C@@H](F)C1(c2cccc(N)c2)COC1.Cn1cnnc1[C@H](F)C1(c2cccc(N)c2)COC1. The third-order valence-electron chi connectivity index (χ3n) is 7.28. The van der Waals surface area contributed by atoms with Crippen molar-refractivity contribution in [2.45, 2.75) is 23.2 Å². The van der Waals surface area contributed by atoms with Gasteiger partial charge in [0, 0.05) is 25.5 Å². The Labute approximate surface area is 218 Å². The molecule has 4 heterocycles. The van der Waals surface area contributed by atoms with Crippen LogP contribution < -0.4 is 11.5 Å². The molecular formula is C26H30F2N8O2. The number of ether oxygens (including phenoxy) is 2. The van der Waals surface area contributed by atoms with Gasteiger partial charge in [0.15, 0.2) is 24.0 Å². The first kappa shape index (κ1) is 25.7. The molecule has 10 nitrogen and oxygen atoms in total. The van der Waals surface area contributed by atoms with Crippen LogP contribution in [0.1, 0.15) is 35.1 Å². The van der Waals surface area contributed by atoms with Gasteiger partial charge in [0.05, 0.1) is 37.3 Å². The average Bonchev–Trinajstić information content (AvgIpc) is 3.46. The van der Waals surface area contributed by atoms with Crippen molar-refractivity contribution < 1.29 is 18.3 Å². The number of halogens is 2. The molecule has 4 N–H and O–H groups in total. The van der Waals surface area contributed by atoms with Crippen molar-refractivity contribution in [3.63, 3.8) is 0 Å². The summed E-state index contributed by atoms with van der Waals surface area (Å²) in [6.07, 6.45) is 0.453. The van der Waals surface area contributed by atoms with Gasteiger partial charge in [-0.15, -0.1) is 20.4 Å². The Kier molecular flexibility index (Phi) is 6.84. The van der Waals surface area contributed by atoms with Crippen LogP contribution in [0.25, 0.3) is 0 Å². The number of benzene rings is 2. The summed E-state index contributed by atoms with van der Waals surface area (Å²) < 4.78 is 43.5. The lowest BCUT2D eigenvalue weighted by molar-refractivity contribution is -0.102. The monoisotopic (exact) mass is 524 g/mol. The summed E-state index contributed by atoms with van der Waals surface area (Å²) in [6, 6.07) is 14.6. The maximum atomic E-state index is 14.9. The quantitative estimate of drug-likeness (QED) is 0.368. The van der Waals surface area contributed by atoms with Crippen LogP contribution in [0, 0.1) is 0 Å². The molecule has 0 saturated carbocycles. The highest BCUT2D eigenvalue weighted by Crippen LogP contribution is 2.46. The first-order valence-electron chi connectivity index (χ1n) is 12.1. The van der Waals surface area contributed by atoms with Crippen LogP contribution in [0.4, 0.5) is 20.2 Å². The van der Waals surface area contributed by atoms with Crippen LogP contribution in [0.15, 0.2) is 61.2 Å². The summed E-state index contributed by atoms with van der Waals surface area (Å²) in [5.41, 5.74) is 13.1. The number of nitrogen functional groups attached to an aromatic ring is 2. The van der Waals surface area contributed by atoms with E-state index in [1.54, 1.807) is 47.5 Å². The second-order valence-corrected chi connectivity index (χ2v) is 9.87. The maximum Gasteiger partial charge on any atom is 0.174 e. The minimum atomic E-state index is -1.27. The van der Waals surface area contributed by atoms with Gasteiger partial charge in [-0.1, -0.05) is 24.3 Å². The smallest absolute Gasteiger partial charge is 0.174 e. The molecule has 2 atom stereocenters. The Morgan fingerprint density at radius 1 is 0.737 bits per heavy atom. The molecule has 0 spiro atoms. The lowest BCUT2D eigenvalue weighted by atomic mass is 9.74. The molecule has 0 bridgehead atoms. The number of nitrogens with two attached hydrogens (primary N) is 2. The van der Waals surface area contributed by atoms with E-state index in [4.69, 9.17) is 20.9 Å². The van der Waals surface area contributed by atoms with E-state index in [2.05, 4.69) is 20.4 Å². The molecular weight excluding hydrogens is 494 g/mol. The summed E-state index contributed by atoms with van der Waals surface area (Å²) in [5.74, 6) is 0.622. The lowest BCUT2D eigenvalue weighted by Gasteiger charge is -2.43. The van der Waals surface area contributed by atoms with E-state index in [-0.39, 0.29) is 0 Å². The minimum Gasteiger partial charge on any atom is -0.399 e. The standard InChI is InChI=1S/2C13H15FN4O/c2*1-18-8-16-17-12(18)11(14)13(6-19-7-13)9-3-2-4-10(15)5-9/h2*2-5,8,11H,6-7,15H2,1H3/t2*11-/m10/s1. The van der Waals surface area contributed by atoms with Crippen molar-refractivity contribution in [3.05, 3.63) is 84.0 Å². The van der Waals surface area contributed by atoms with Crippen LogP contribution in [0.2, 0.25) is 0 Å². The van der Waals surface area contributed by atoms with Crippen molar-refractivity contribution in [2.24, 2.45) is 14.1 Å². The van der Waals surface area contributed by atoms with Gasteiger partial charge in [0.25, 0.3) is 0 Å². The number of hydrogen-bond donors (Lipinski definition) is 2. The summed E-state index contributed by atoms with van der Waals surface area (Å²) in [7, 11) is 3.46. The number of aryl methyl sites for hydroxylation is 2. The van der Waals surface area contributed by atoms with E-state index in [1.807, 2.05) is 24.3 Å². The number of aromatic nitrogens is 6. The van der Waals surface area contributed by atoms with Crippen molar-refractivity contribution in [2.75, 3.05) is 37.9 Å². The van der Waals surface area contributed by atoms with E-state index in [0.29, 0.717) is 49.5 Å². The van der Waals surface area contributed by atoms with Gasteiger partial charge in [-0.05, 0) is 35.4 Å². The van der Waals surface area contributed by atoms with Gasteiger partial charge in [0.2, 0.25) is 0 Å². The van der Waals surface area contributed by atoms with Crippen molar-refractivity contribution >= 4 is 11.4 Å². The zero-order valence-corrected chi connectivity index (χ0v) is 21.2. The molecule has 2 saturated heterocycles. The fourth-order valence-corrected chi connectivity index (χ4v) is 4.80. The summed E-state index contributed by atoms with van der Waals surface area (Å²) in [6.45, 7) is 1.30. The minimum absolute atomic E-state index is 0.311. The maximum absolute atomic E-state index is 14.9. The van der Waals surface area contributed by atoms with Crippen molar-refractivity contribution in [1.82, 2.24) is 29.5 Å². The van der Waals surface area contributed by atoms with Crippen LogP contribution in [0.5, 0.6) is 0 Å². The van der Waals surface area contributed by atoms with Crippen molar-refractivity contribution in [3.8, 4) is 0 Å².